The summed E-state index contributed by atoms with van der Waals surface area (Å²) >= 11 is 1.57. The van der Waals surface area contributed by atoms with Gasteiger partial charge in [0.2, 0.25) is 10.0 Å². The Balaban J connectivity index is 1.43. The molecule has 2 heterocycles. The summed E-state index contributed by atoms with van der Waals surface area (Å²) in [5.41, 5.74) is 4.48. The maximum Gasteiger partial charge on any atom is 0.274 e. The number of hydrogen-bond donors (Lipinski definition) is 0. The Kier molecular flexibility index (Phi) is 5.64. The Morgan fingerprint density at radius 2 is 1.72 bits per heavy atom. The predicted octanol–water partition coefficient (Wildman–Crippen LogP) is 4.71. The lowest BCUT2D eigenvalue weighted by atomic mass is 10.1. The van der Waals surface area contributed by atoms with Crippen molar-refractivity contribution in [2.45, 2.75) is 51.0 Å². The Bertz CT molecular complexity index is 1070. The van der Waals surface area contributed by atoms with Gasteiger partial charge in [0, 0.05) is 13.1 Å². The fourth-order valence-corrected chi connectivity index (χ4v) is 6.17. The number of piperidine rings is 1. The lowest BCUT2D eigenvalue weighted by molar-refractivity contribution is 0.135. The Hall–Kier alpha value is -1.96. The van der Waals surface area contributed by atoms with E-state index in [4.69, 9.17) is 4.74 Å². The third-order valence-electron chi connectivity index (χ3n) is 5.56. The van der Waals surface area contributed by atoms with Crippen molar-refractivity contribution in [2.75, 3.05) is 13.1 Å². The first-order chi connectivity index (χ1) is 13.9. The van der Waals surface area contributed by atoms with Crippen molar-refractivity contribution in [3.8, 4) is 5.19 Å². The molecule has 29 heavy (non-hydrogen) atoms. The van der Waals surface area contributed by atoms with Gasteiger partial charge >= 0.3 is 0 Å². The Morgan fingerprint density at radius 1 is 1.07 bits per heavy atom. The molecule has 0 radical (unpaired) electrons. The van der Waals surface area contributed by atoms with Crippen molar-refractivity contribution in [1.82, 2.24) is 9.29 Å². The molecule has 0 atom stereocenters. The molecule has 2 aromatic carbocycles. The van der Waals surface area contributed by atoms with E-state index in [1.165, 1.54) is 5.56 Å². The van der Waals surface area contributed by atoms with E-state index >= 15 is 0 Å². The molecule has 1 fully saturated rings. The van der Waals surface area contributed by atoms with Gasteiger partial charge in [0.05, 0.1) is 15.1 Å². The van der Waals surface area contributed by atoms with Crippen LogP contribution in [0.5, 0.6) is 5.19 Å². The van der Waals surface area contributed by atoms with Gasteiger partial charge in [-0.2, -0.15) is 4.31 Å². The number of thiazole rings is 1. The minimum absolute atomic E-state index is 0.00917. The molecular formula is C22H26N2O3S2. The number of hydrogen-bond acceptors (Lipinski definition) is 5. The molecule has 1 saturated heterocycles. The lowest BCUT2D eigenvalue weighted by Crippen LogP contribution is -2.41. The first-order valence-electron chi connectivity index (χ1n) is 10.0. The quantitative estimate of drug-likeness (QED) is 0.588. The van der Waals surface area contributed by atoms with Crippen LogP contribution < -0.4 is 4.74 Å². The van der Waals surface area contributed by atoms with Gasteiger partial charge < -0.3 is 4.74 Å². The van der Waals surface area contributed by atoms with Crippen LogP contribution in [0.4, 0.5) is 0 Å². The third kappa shape index (κ3) is 4.04. The first-order valence-corrected chi connectivity index (χ1v) is 12.3. The van der Waals surface area contributed by atoms with Gasteiger partial charge in [0.15, 0.2) is 0 Å². The SMILES string of the molecule is CCc1ccc(S(=O)(=O)N2CCC(Oc3nc4c(C)ccc(C)c4s3)CC2)cc1. The normalized spacial score (nSPS) is 16.4. The van der Waals surface area contributed by atoms with Gasteiger partial charge in [0.25, 0.3) is 5.19 Å². The van der Waals surface area contributed by atoms with Crippen molar-refractivity contribution in [3.05, 3.63) is 53.1 Å². The van der Waals surface area contributed by atoms with Crippen LogP contribution in [0, 0.1) is 13.8 Å². The number of ether oxygens (including phenoxy) is 1. The van der Waals surface area contributed by atoms with E-state index in [0.717, 1.165) is 27.8 Å². The number of nitrogens with zero attached hydrogens (tertiary/aromatic N) is 2. The molecule has 1 aliphatic rings. The number of sulfonamides is 1. The minimum Gasteiger partial charge on any atom is -0.467 e. The van der Waals surface area contributed by atoms with Crippen molar-refractivity contribution in [1.29, 1.82) is 0 Å². The molecule has 4 rings (SSSR count). The van der Waals surface area contributed by atoms with Gasteiger partial charge in [0.1, 0.15) is 6.10 Å². The van der Waals surface area contributed by atoms with E-state index in [9.17, 15) is 8.42 Å². The fourth-order valence-electron chi connectivity index (χ4n) is 3.67. The summed E-state index contributed by atoms with van der Waals surface area (Å²) in [6.45, 7) is 7.13. The van der Waals surface area contributed by atoms with Gasteiger partial charge in [-0.3, -0.25) is 0 Å². The molecule has 5 nitrogen and oxygen atoms in total. The standard InChI is InChI=1S/C22H26N2O3S2/c1-4-17-7-9-19(10-8-17)29(25,26)24-13-11-18(12-14-24)27-22-23-20-15(2)5-6-16(3)21(20)28-22/h5-10,18H,4,11-14H2,1-3H3. The summed E-state index contributed by atoms with van der Waals surface area (Å²) < 4.78 is 34.7. The van der Waals surface area contributed by atoms with Gasteiger partial charge in [-0.1, -0.05) is 42.5 Å². The first kappa shape index (κ1) is 20.3. The molecule has 0 N–H and O–H groups in total. The zero-order valence-electron chi connectivity index (χ0n) is 17.0. The van der Waals surface area contributed by atoms with Crippen LogP contribution >= 0.6 is 11.3 Å². The van der Waals surface area contributed by atoms with Crippen molar-refractivity contribution < 1.29 is 13.2 Å². The topological polar surface area (TPSA) is 59.5 Å². The second-order valence-corrected chi connectivity index (χ2v) is 10.5. The van der Waals surface area contributed by atoms with Gasteiger partial charge in [-0.05, 0) is 61.9 Å². The summed E-state index contributed by atoms with van der Waals surface area (Å²) in [6, 6.07) is 11.4. The summed E-state index contributed by atoms with van der Waals surface area (Å²) in [4.78, 5) is 5.03. The van der Waals surface area contributed by atoms with Crippen LogP contribution in [0.25, 0.3) is 10.2 Å². The zero-order chi connectivity index (χ0) is 20.6. The second kappa shape index (κ2) is 8.05. The number of fused-ring (bicyclic) bond motifs is 1. The third-order valence-corrected chi connectivity index (χ3v) is 8.55. The van der Waals surface area contributed by atoms with E-state index < -0.39 is 10.0 Å². The van der Waals surface area contributed by atoms with Crippen molar-refractivity contribution >= 4 is 31.6 Å². The molecule has 1 aromatic heterocycles. The average molecular weight is 431 g/mol. The van der Waals surface area contributed by atoms with E-state index in [2.05, 4.69) is 37.9 Å². The molecule has 7 heteroatoms. The highest BCUT2D eigenvalue weighted by Gasteiger charge is 2.30. The van der Waals surface area contributed by atoms with E-state index in [1.54, 1.807) is 27.8 Å². The maximum absolute atomic E-state index is 12.9. The minimum atomic E-state index is -3.45. The Labute approximate surface area is 176 Å². The number of benzene rings is 2. The van der Waals surface area contributed by atoms with Crippen molar-refractivity contribution in [2.24, 2.45) is 0 Å². The number of rotatable bonds is 5. The lowest BCUT2D eigenvalue weighted by Gasteiger charge is -2.30. The largest absolute Gasteiger partial charge is 0.467 e. The molecule has 0 aliphatic carbocycles. The van der Waals surface area contributed by atoms with Crippen LogP contribution in [0.3, 0.4) is 0 Å². The molecule has 0 amide bonds. The predicted molar refractivity (Wildman–Crippen MR) is 117 cm³/mol. The average Bonchev–Trinajstić information content (AvgIpc) is 3.16. The summed E-state index contributed by atoms with van der Waals surface area (Å²) in [6.07, 6.45) is 2.22. The molecule has 1 aliphatic heterocycles. The fraction of sp³-hybridized carbons (Fsp3) is 0.409. The molecule has 154 valence electrons. The molecule has 0 spiro atoms. The zero-order valence-corrected chi connectivity index (χ0v) is 18.6. The van der Waals surface area contributed by atoms with Crippen LogP contribution in [-0.2, 0) is 16.4 Å². The second-order valence-electron chi connectivity index (χ2n) is 7.58. The van der Waals surface area contributed by atoms with Crippen LogP contribution in [-0.4, -0.2) is 36.9 Å². The van der Waals surface area contributed by atoms with Gasteiger partial charge in [-0.15, -0.1) is 0 Å². The van der Waals surface area contributed by atoms with Crippen molar-refractivity contribution in [3.63, 3.8) is 0 Å². The highest BCUT2D eigenvalue weighted by Crippen LogP contribution is 2.34. The van der Waals surface area contributed by atoms with Gasteiger partial charge in [-0.25, -0.2) is 13.4 Å². The summed E-state index contributed by atoms with van der Waals surface area (Å²) in [5.74, 6) is 0. The highest BCUT2D eigenvalue weighted by molar-refractivity contribution is 7.89. The summed E-state index contributed by atoms with van der Waals surface area (Å²) in [5, 5.41) is 0.675. The molecule has 0 unspecified atom stereocenters. The molecular weight excluding hydrogens is 404 g/mol. The monoisotopic (exact) mass is 430 g/mol. The Morgan fingerprint density at radius 3 is 2.34 bits per heavy atom. The number of aromatic nitrogens is 1. The number of aryl methyl sites for hydroxylation is 3. The molecule has 0 saturated carbocycles. The van der Waals surface area contributed by atoms with E-state index in [0.29, 0.717) is 36.0 Å². The van der Waals surface area contributed by atoms with Crippen LogP contribution in [0.2, 0.25) is 0 Å². The maximum atomic E-state index is 12.9. The highest BCUT2D eigenvalue weighted by atomic mass is 32.2. The van der Waals surface area contributed by atoms with Crippen LogP contribution in [0.15, 0.2) is 41.3 Å². The summed E-state index contributed by atoms with van der Waals surface area (Å²) in [7, 11) is -3.45. The molecule has 3 aromatic rings. The van der Waals surface area contributed by atoms with E-state index in [-0.39, 0.29) is 6.10 Å². The van der Waals surface area contributed by atoms with Crippen LogP contribution in [0.1, 0.15) is 36.5 Å². The molecule has 0 bridgehead atoms. The van der Waals surface area contributed by atoms with E-state index in [1.807, 2.05) is 12.1 Å². The smallest absolute Gasteiger partial charge is 0.274 e.